The first kappa shape index (κ1) is 14.2. The van der Waals surface area contributed by atoms with Gasteiger partial charge in [-0.05, 0) is 62.2 Å². The second-order valence-electron chi connectivity index (χ2n) is 6.68. The average Bonchev–Trinajstić information content (AvgIpc) is 2.76. The molecule has 0 spiro atoms. The zero-order valence-electron chi connectivity index (χ0n) is 11.3. The molecule has 4 heteroatoms. The number of rotatable bonds is 3. The molecule has 0 aromatic heterocycles. The van der Waals surface area contributed by atoms with E-state index in [0.29, 0.717) is 30.1 Å². The van der Waals surface area contributed by atoms with Crippen LogP contribution in [0.2, 0.25) is 0 Å². The normalized spacial score (nSPS) is 43.2. The Bertz CT molecular complexity index is 309. The van der Waals surface area contributed by atoms with Gasteiger partial charge in [0.25, 0.3) is 0 Å². The van der Waals surface area contributed by atoms with E-state index in [1.165, 1.54) is 6.42 Å². The smallest absolute Gasteiger partial charge is 0.381 e. The maximum absolute atomic E-state index is 12.6. The average molecular weight is 264 g/mol. The minimum Gasteiger partial charge on any atom is -0.381 e. The summed E-state index contributed by atoms with van der Waals surface area (Å²) in [7, 11) is 0. The fraction of sp³-hybridized carbons (Fsp3) is 1.00. The predicted molar refractivity (Wildman–Crippen MR) is 63.9 cm³/mol. The predicted octanol–water partition coefficient (Wildman–Crippen LogP) is 4.01. The van der Waals surface area contributed by atoms with Crippen molar-refractivity contribution in [3.63, 3.8) is 0 Å². The first-order valence-electron chi connectivity index (χ1n) is 6.92. The Balaban J connectivity index is 1.90. The number of hydrogen-bond donors (Lipinski definition) is 1. The van der Waals surface area contributed by atoms with Crippen LogP contribution in [0.5, 0.6) is 0 Å². The Morgan fingerprint density at radius 2 is 1.72 bits per heavy atom. The van der Waals surface area contributed by atoms with Gasteiger partial charge in [-0.3, -0.25) is 0 Å². The molecule has 0 aromatic rings. The van der Waals surface area contributed by atoms with Gasteiger partial charge in [-0.1, -0.05) is 13.8 Å². The van der Waals surface area contributed by atoms with Crippen LogP contribution < -0.4 is 0 Å². The lowest BCUT2D eigenvalue weighted by atomic mass is 9.73. The summed E-state index contributed by atoms with van der Waals surface area (Å²) in [5.41, 5.74) is -2.52. The molecule has 6 unspecified atom stereocenters. The molecule has 2 saturated carbocycles. The summed E-state index contributed by atoms with van der Waals surface area (Å²) in [5, 5.41) is 9.47. The van der Waals surface area contributed by atoms with Crippen molar-refractivity contribution in [2.75, 3.05) is 0 Å². The molecule has 1 N–H and O–H groups in total. The second-order valence-corrected chi connectivity index (χ2v) is 6.68. The van der Waals surface area contributed by atoms with Gasteiger partial charge in [-0.15, -0.1) is 0 Å². The van der Waals surface area contributed by atoms with Crippen LogP contribution in [-0.4, -0.2) is 16.9 Å². The van der Waals surface area contributed by atoms with E-state index in [1.807, 2.05) is 0 Å². The Morgan fingerprint density at radius 1 is 1.11 bits per heavy atom. The van der Waals surface area contributed by atoms with Gasteiger partial charge in [0.2, 0.25) is 0 Å². The van der Waals surface area contributed by atoms with Crippen LogP contribution in [0.25, 0.3) is 0 Å². The van der Waals surface area contributed by atoms with Gasteiger partial charge < -0.3 is 5.11 Å². The van der Waals surface area contributed by atoms with Crippen molar-refractivity contribution < 1.29 is 18.3 Å². The summed E-state index contributed by atoms with van der Waals surface area (Å²) in [6.07, 6.45) is -1.93. The molecular formula is C14H23F3O. The van der Waals surface area contributed by atoms with E-state index in [-0.39, 0.29) is 6.42 Å². The molecule has 2 fully saturated rings. The van der Waals surface area contributed by atoms with Gasteiger partial charge in [-0.2, -0.15) is 13.2 Å². The molecule has 2 bridgehead atoms. The molecule has 2 rings (SSSR count). The summed E-state index contributed by atoms with van der Waals surface area (Å²) in [6.45, 7) is 5.38. The van der Waals surface area contributed by atoms with Crippen LogP contribution in [0, 0.1) is 29.6 Å². The van der Waals surface area contributed by atoms with Crippen LogP contribution in [0.15, 0.2) is 0 Å². The number of fused-ring (bicyclic) bond motifs is 2. The van der Waals surface area contributed by atoms with Crippen LogP contribution in [-0.2, 0) is 0 Å². The molecule has 18 heavy (non-hydrogen) atoms. The fourth-order valence-corrected chi connectivity index (χ4v) is 4.03. The zero-order valence-corrected chi connectivity index (χ0v) is 11.3. The molecule has 0 aliphatic heterocycles. The molecule has 0 amide bonds. The maximum Gasteiger partial charge on any atom is 0.416 e. The maximum atomic E-state index is 12.6. The minimum atomic E-state index is -4.51. The quantitative estimate of drug-likeness (QED) is 0.816. The van der Waals surface area contributed by atoms with E-state index in [1.54, 1.807) is 0 Å². The summed E-state index contributed by atoms with van der Waals surface area (Å²) >= 11 is 0. The topological polar surface area (TPSA) is 20.2 Å². The van der Waals surface area contributed by atoms with Crippen LogP contribution >= 0.6 is 0 Å². The molecule has 1 nitrogen and oxygen atoms in total. The minimum absolute atomic E-state index is 0.161. The van der Waals surface area contributed by atoms with Gasteiger partial charge in [-0.25, -0.2) is 0 Å². The van der Waals surface area contributed by atoms with Crippen molar-refractivity contribution in [1.82, 2.24) is 0 Å². The largest absolute Gasteiger partial charge is 0.416 e. The second kappa shape index (κ2) is 4.39. The van der Waals surface area contributed by atoms with Crippen molar-refractivity contribution in [2.24, 2.45) is 29.6 Å². The van der Waals surface area contributed by atoms with Crippen molar-refractivity contribution in [3.05, 3.63) is 0 Å². The molecular weight excluding hydrogens is 241 g/mol. The molecule has 2 aliphatic carbocycles. The van der Waals surface area contributed by atoms with E-state index in [0.717, 1.165) is 19.3 Å². The van der Waals surface area contributed by atoms with E-state index in [4.69, 9.17) is 0 Å². The molecule has 0 heterocycles. The SMILES string of the molecule is CC1C2CC(CCC(C)(O)C(F)(F)F)C(C2)C1C. The highest BCUT2D eigenvalue weighted by atomic mass is 19.4. The van der Waals surface area contributed by atoms with E-state index < -0.39 is 11.8 Å². The summed E-state index contributed by atoms with van der Waals surface area (Å²) in [6, 6.07) is 0. The number of aliphatic hydroxyl groups is 1. The number of hydrogen-bond acceptors (Lipinski definition) is 1. The number of alkyl halides is 3. The first-order chi connectivity index (χ1) is 8.13. The molecule has 0 aromatic carbocycles. The lowest BCUT2D eigenvalue weighted by Crippen LogP contribution is -2.42. The lowest BCUT2D eigenvalue weighted by Gasteiger charge is -2.34. The highest BCUT2D eigenvalue weighted by Gasteiger charge is 2.52. The van der Waals surface area contributed by atoms with Gasteiger partial charge >= 0.3 is 6.18 Å². The highest BCUT2D eigenvalue weighted by molar-refractivity contribution is 4.98. The van der Waals surface area contributed by atoms with E-state index >= 15 is 0 Å². The van der Waals surface area contributed by atoms with Crippen molar-refractivity contribution in [3.8, 4) is 0 Å². The molecule has 0 radical (unpaired) electrons. The molecule has 2 aliphatic rings. The van der Waals surface area contributed by atoms with Gasteiger partial charge in [0.15, 0.2) is 5.60 Å². The molecule has 6 atom stereocenters. The third-order valence-electron chi connectivity index (χ3n) is 5.65. The summed E-state index contributed by atoms with van der Waals surface area (Å²) in [5.74, 6) is 3.01. The van der Waals surface area contributed by atoms with Gasteiger partial charge in [0, 0.05) is 0 Å². The van der Waals surface area contributed by atoms with Crippen LogP contribution in [0.4, 0.5) is 13.2 Å². The van der Waals surface area contributed by atoms with Gasteiger partial charge in [0.1, 0.15) is 0 Å². The van der Waals surface area contributed by atoms with Crippen molar-refractivity contribution >= 4 is 0 Å². The summed E-state index contributed by atoms with van der Waals surface area (Å²) in [4.78, 5) is 0. The van der Waals surface area contributed by atoms with E-state index in [2.05, 4.69) is 13.8 Å². The highest BCUT2D eigenvalue weighted by Crippen LogP contribution is 2.56. The summed E-state index contributed by atoms with van der Waals surface area (Å²) < 4.78 is 37.8. The lowest BCUT2D eigenvalue weighted by molar-refractivity contribution is -0.256. The van der Waals surface area contributed by atoms with E-state index in [9.17, 15) is 18.3 Å². The standard InChI is InChI=1S/C14H23F3O/c1-8-9(2)12-7-11(8)6-10(12)4-5-13(3,18)14(15,16)17/h8-12,18H,4-7H2,1-3H3. The first-order valence-corrected chi connectivity index (χ1v) is 6.92. The third kappa shape index (κ3) is 2.28. The van der Waals surface area contributed by atoms with Crippen molar-refractivity contribution in [2.45, 2.75) is 58.2 Å². The monoisotopic (exact) mass is 264 g/mol. The fourth-order valence-electron chi connectivity index (χ4n) is 4.03. The molecule has 0 saturated heterocycles. The number of halogens is 3. The Labute approximate surface area is 107 Å². The van der Waals surface area contributed by atoms with Crippen LogP contribution in [0.3, 0.4) is 0 Å². The zero-order chi connectivity index (χ0) is 13.7. The van der Waals surface area contributed by atoms with Crippen LogP contribution in [0.1, 0.15) is 46.5 Å². The van der Waals surface area contributed by atoms with Crippen molar-refractivity contribution in [1.29, 1.82) is 0 Å². The van der Waals surface area contributed by atoms with Gasteiger partial charge in [0.05, 0.1) is 0 Å². The Kier molecular flexibility index (Phi) is 3.46. The Hall–Kier alpha value is -0.250. The molecule has 106 valence electrons. The Morgan fingerprint density at radius 3 is 2.17 bits per heavy atom. The third-order valence-corrected chi connectivity index (χ3v) is 5.65.